The van der Waals surface area contributed by atoms with Gasteiger partial charge in [-0.05, 0) is 68.1 Å². The van der Waals surface area contributed by atoms with E-state index in [0.29, 0.717) is 18.7 Å². The average molecular weight is 416 g/mol. The minimum Gasteiger partial charge on any atom is -0.423 e. The Morgan fingerprint density at radius 1 is 1.00 bits per heavy atom. The Morgan fingerprint density at radius 3 is 2.30 bits per heavy atom. The molecule has 158 valence electrons. The van der Waals surface area contributed by atoms with Crippen molar-refractivity contribution < 1.29 is 17.6 Å². The van der Waals surface area contributed by atoms with Crippen LogP contribution in [0.3, 0.4) is 0 Å². The van der Waals surface area contributed by atoms with Crippen LogP contribution < -0.4 is 15.8 Å². The molecule has 1 aromatic heterocycles. The summed E-state index contributed by atoms with van der Waals surface area (Å²) >= 11 is 0. The molecule has 0 aliphatic carbocycles. The molecule has 0 unspecified atom stereocenters. The zero-order chi connectivity index (χ0) is 21.5. The van der Waals surface area contributed by atoms with Crippen LogP contribution in [0.5, 0.6) is 0 Å². The smallest absolute Gasteiger partial charge is 0.391 e. The third-order valence-corrected chi connectivity index (χ3v) is 5.77. The van der Waals surface area contributed by atoms with Crippen LogP contribution in [0.2, 0.25) is 0 Å². The van der Waals surface area contributed by atoms with E-state index in [0.717, 1.165) is 33.6 Å². The summed E-state index contributed by atoms with van der Waals surface area (Å²) < 4.78 is 43.9. The molecule has 7 heteroatoms. The molecule has 0 atom stereocenters. The summed E-state index contributed by atoms with van der Waals surface area (Å²) in [6.45, 7) is 4.66. The van der Waals surface area contributed by atoms with Gasteiger partial charge >= 0.3 is 11.8 Å². The highest BCUT2D eigenvalue weighted by atomic mass is 19.4. The van der Waals surface area contributed by atoms with Gasteiger partial charge in [0.25, 0.3) is 0 Å². The number of fused-ring (bicyclic) bond motifs is 1. The van der Waals surface area contributed by atoms with Crippen molar-refractivity contribution in [3.8, 4) is 0 Å². The highest BCUT2D eigenvalue weighted by molar-refractivity contribution is 5.86. The molecule has 2 aromatic carbocycles. The van der Waals surface area contributed by atoms with Crippen molar-refractivity contribution >= 4 is 28.0 Å². The van der Waals surface area contributed by atoms with Gasteiger partial charge in [0.1, 0.15) is 5.58 Å². The lowest BCUT2D eigenvalue weighted by atomic mass is 9.96. The first-order chi connectivity index (χ1) is 14.2. The molecular weight excluding hydrogens is 393 g/mol. The van der Waals surface area contributed by atoms with Crippen molar-refractivity contribution in [1.82, 2.24) is 0 Å². The molecule has 30 heavy (non-hydrogen) atoms. The van der Waals surface area contributed by atoms with Gasteiger partial charge < -0.3 is 14.6 Å². The highest BCUT2D eigenvalue weighted by Gasteiger charge is 2.41. The Hall–Kier alpha value is -2.96. The predicted octanol–water partition coefficient (Wildman–Crippen LogP) is 5.93. The number of alkyl halides is 3. The van der Waals surface area contributed by atoms with E-state index in [1.54, 1.807) is 0 Å². The summed E-state index contributed by atoms with van der Waals surface area (Å²) in [5, 5.41) is 4.23. The lowest BCUT2D eigenvalue weighted by molar-refractivity contribution is -0.179. The third-order valence-electron chi connectivity index (χ3n) is 5.77. The summed E-state index contributed by atoms with van der Waals surface area (Å²) in [7, 11) is 0. The molecular formula is C23H23F3N2O2. The van der Waals surface area contributed by atoms with Gasteiger partial charge in [0, 0.05) is 47.7 Å². The Morgan fingerprint density at radius 2 is 1.67 bits per heavy atom. The van der Waals surface area contributed by atoms with E-state index in [1.165, 1.54) is 6.07 Å². The summed E-state index contributed by atoms with van der Waals surface area (Å²) in [4.78, 5) is 13.7. The van der Waals surface area contributed by atoms with Crippen LogP contribution in [0, 0.1) is 19.8 Å². The lowest BCUT2D eigenvalue weighted by Gasteiger charge is -2.34. The molecule has 1 saturated heterocycles. The average Bonchev–Trinajstić information content (AvgIpc) is 2.69. The van der Waals surface area contributed by atoms with E-state index in [2.05, 4.69) is 5.32 Å². The number of anilines is 3. The molecule has 2 heterocycles. The van der Waals surface area contributed by atoms with Crippen LogP contribution in [0.15, 0.2) is 51.7 Å². The summed E-state index contributed by atoms with van der Waals surface area (Å²) in [6.07, 6.45) is -3.84. The van der Waals surface area contributed by atoms with Crippen LogP contribution in [-0.2, 0) is 0 Å². The minimum atomic E-state index is -4.10. The van der Waals surface area contributed by atoms with Gasteiger partial charge in [-0.15, -0.1) is 0 Å². The fraction of sp³-hybridized carbons (Fsp3) is 0.348. The minimum absolute atomic E-state index is 0.129. The molecule has 1 fully saturated rings. The molecule has 4 rings (SSSR count). The Bertz CT molecular complexity index is 1110. The second-order valence-electron chi connectivity index (χ2n) is 7.89. The van der Waals surface area contributed by atoms with Crippen molar-refractivity contribution in [2.45, 2.75) is 32.9 Å². The molecule has 1 N–H and O–H groups in total. The normalized spacial score (nSPS) is 15.6. The second-order valence-corrected chi connectivity index (χ2v) is 7.89. The SMILES string of the molecule is Cc1cc2c(C)cc(=O)oc2cc1Nc1ccc(N2CCC(C(F)(F)F)CC2)cc1. The molecule has 0 radical (unpaired) electrons. The number of hydrogen-bond acceptors (Lipinski definition) is 4. The molecule has 0 spiro atoms. The Kier molecular flexibility index (Phi) is 5.22. The quantitative estimate of drug-likeness (QED) is 0.538. The standard InChI is InChI=1S/C23H23F3N2O2/c1-14-12-22(29)30-21-13-20(15(2)11-19(14)21)27-17-3-5-18(6-4-17)28-9-7-16(8-10-28)23(24,25)26/h3-6,11-13,16,27H,7-10H2,1-2H3. The van der Waals surface area contributed by atoms with E-state index in [9.17, 15) is 18.0 Å². The van der Waals surface area contributed by atoms with Crippen LogP contribution in [0.4, 0.5) is 30.2 Å². The number of benzene rings is 2. The van der Waals surface area contributed by atoms with Crippen LogP contribution in [-0.4, -0.2) is 19.3 Å². The van der Waals surface area contributed by atoms with Gasteiger partial charge in [-0.3, -0.25) is 0 Å². The van der Waals surface area contributed by atoms with Crippen molar-refractivity contribution in [2.75, 3.05) is 23.3 Å². The van der Waals surface area contributed by atoms with Gasteiger partial charge in [-0.25, -0.2) is 4.79 Å². The van der Waals surface area contributed by atoms with Gasteiger partial charge in [-0.1, -0.05) is 0 Å². The van der Waals surface area contributed by atoms with Gasteiger partial charge in [0.05, 0.1) is 5.92 Å². The van der Waals surface area contributed by atoms with Crippen molar-refractivity contribution in [3.63, 3.8) is 0 Å². The fourth-order valence-corrected chi connectivity index (χ4v) is 3.98. The van der Waals surface area contributed by atoms with E-state index in [4.69, 9.17) is 4.42 Å². The summed E-state index contributed by atoms with van der Waals surface area (Å²) in [6, 6.07) is 12.9. The van der Waals surface area contributed by atoms with E-state index in [1.807, 2.05) is 55.1 Å². The van der Waals surface area contributed by atoms with Gasteiger partial charge in [0.15, 0.2) is 0 Å². The highest BCUT2D eigenvalue weighted by Crippen LogP contribution is 2.36. The summed E-state index contributed by atoms with van der Waals surface area (Å²) in [5.41, 5.74) is 4.62. The van der Waals surface area contributed by atoms with Gasteiger partial charge in [0.2, 0.25) is 0 Å². The largest absolute Gasteiger partial charge is 0.423 e. The van der Waals surface area contributed by atoms with Crippen molar-refractivity contribution in [1.29, 1.82) is 0 Å². The van der Waals surface area contributed by atoms with E-state index in [-0.39, 0.29) is 18.5 Å². The number of piperidine rings is 1. The summed E-state index contributed by atoms with van der Waals surface area (Å²) in [5.74, 6) is -1.20. The molecule has 1 aliphatic rings. The second kappa shape index (κ2) is 7.70. The molecule has 3 aromatic rings. The number of hydrogen-bond donors (Lipinski definition) is 1. The van der Waals surface area contributed by atoms with E-state index >= 15 is 0 Å². The third kappa shape index (κ3) is 4.15. The van der Waals surface area contributed by atoms with Crippen molar-refractivity contribution in [3.05, 3.63) is 64.0 Å². The first-order valence-corrected chi connectivity index (χ1v) is 9.94. The van der Waals surface area contributed by atoms with Crippen LogP contribution in [0.1, 0.15) is 24.0 Å². The molecule has 0 bridgehead atoms. The predicted molar refractivity (Wildman–Crippen MR) is 113 cm³/mol. The zero-order valence-corrected chi connectivity index (χ0v) is 16.8. The number of nitrogens with zero attached hydrogens (tertiary/aromatic N) is 1. The van der Waals surface area contributed by atoms with Gasteiger partial charge in [-0.2, -0.15) is 13.2 Å². The fourth-order valence-electron chi connectivity index (χ4n) is 3.98. The molecule has 0 saturated carbocycles. The maximum Gasteiger partial charge on any atom is 0.391 e. The van der Waals surface area contributed by atoms with Crippen LogP contribution >= 0.6 is 0 Å². The monoisotopic (exact) mass is 416 g/mol. The number of nitrogens with one attached hydrogen (secondary N) is 1. The Labute approximate surface area is 172 Å². The number of halogens is 3. The zero-order valence-electron chi connectivity index (χ0n) is 16.8. The van der Waals surface area contributed by atoms with E-state index < -0.39 is 12.1 Å². The molecule has 4 nitrogen and oxygen atoms in total. The maximum absolute atomic E-state index is 12.9. The number of rotatable bonds is 3. The molecule has 1 aliphatic heterocycles. The lowest BCUT2D eigenvalue weighted by Crippen LogP contribution is -2.38. The number of aryl methyl sites for hydroxylation is 2. The maximum atomic E-state index is 12.9. The van der Waals surface area contributed by atoms with Crippen LogP contribution in [0.25, 0.3) is 11.0 Å². The Balaban J connectivity index is 1.49. The first kappa shape index (κ1) is 20.3. The topological polar surface area (TPSA) is 45.5 Å². The first-order valence-electron chi connectivity index (χ1n) is 9.94. The van der Waals surface area contributed by atoms with Crippen molar-refractivity contribution in [2.24, 2.45) is 5.92 Å². The molecule has 0 amide bonds.